The van der Waals surface area contributed by atoms with Gasteiger partial charge in [-0.1, -0.05) is 48.9 Å². The van der Waals surface area contributed by atoms with Gasteiger partial charge in [0.2, 0.25) is 0 Å². The van der Waals surface area contributed by atoms with Crippen molar-refractivity contribution in [3.63, 3.8) is 0 Å². The molecule has 0 aliphatic rings. The average Bonchev–Trinajstić information content (AvgIpc) is 2.63. The molecule has 0 bridgehead atoms. The highest BCUT2D eigenvalue weighted by molar-refractivity contribution is 6.30. The summed E-state index contributed by atoms with van der Waals surface area (Å²) in [6, 6.07) is 11.5. The van der Waals surface area contributed by atoms with E-state index in [1.54, 1.807) is 49.7 Å². The van der Waals surface area contributed by atoms with E-state index in [1.807, 2.05) is 13.0 Å². The molecule has 0 heterocycles. The van der Waals surface area contributed by atoms with Crippen molar-refractivity contribution in [2.45, 2.75) is 20.0 Å². The number of hydrogen-bond acceptors (Lipinski definition) is 3. The smallest absolute Gasteiger partial charge is 0.259 e. The molecule has 136 valence electrons. The van der Waals surface area contributed by atoms with Crippen LogP contribution in [0.15, 0.2) is 59.2 Å². The summed E-state index contributed by atoms with van der Waals surface area (Å²) < 4.78 is 19.7. The lowest BCUT2D eigenvalue weighted by Gasteiger charge is -2.12. The van der Waals surface area contributed by atoms with E-state index in [2.05, 4.69) is 10.3 Å². The summed E-state index contributed by atoms with van der Waals surface area (Å²) in [7, 11) is 1.63. The number of halogens is 2. The number of benzene rings is 2. The molecule has 1 amide bonds. The second-order valence-corrected chi connectivity index (χ2v) is 5.81. The fraction of sp³-hybridized carbons (Fsp3) is 0.200. The van der Waals surface area contributed by atoms with Gasteiger partial charge in [-0.05, 0) is 24.6 Å². The summed E-state index contributed by atoms with van der Waals surface area (Å²) in [5, 5.41) is 2.82. The first-order valence-corrected chi connectivity index (χ1v) is 8.53. The van der Waals surface area contributed by atoms with Gasteiger partial charge in [0.15, 0.2) is 0 Å². The second-order valence-electron chi connectivity index (χ2n) is 5.41. The Morgan fingerprint density at radius 3 is 2.77 bits per heavy atom. The molecule has 0 saturated heterocycles. The van der Waals surface area contributed by atoms with Crippen molar-refractivity contribution in [2.75, 3.05) is 7.05 Å². The molecule has 2 aromatic carbocycles. The van der Waals surface area contributed by atoms with E-state index in [4.69, 9.17) is 16.3 Å². The van der Waals surface area contributed by atoms with Crippen LogP contribution in [0.4, 0.5) is 4.39 Å². The third-order valence-electron chi connectivity index (χ3n) is 3.50. The Bertz CT molecular complexity index is 834. The number of ether oxygens (including phenoxy) is 1. The molecule has 1 N–H and O–H groups in total. The van der Waals surface area contributed by atoms with E-state index in [0.29, 0.717) is 22.6 Å². The summed E-state index contributed by atoms with van der Waals surface area (Å²) in [5.74, 6) is -0.496. The highest BCUT2D eigenvalue weighted by Gasteiger charge is 2.14. The fourth-order valence-corrected chi connectivity index (χ4v) is 2.48. The maximum absolute atomic E-state index is 14.0. The van der Waals surface area contributed by atoms with Crippen molar-refractivity contribution in [2.24, 2.45) is 4.99 Å². The average molecular weight is 375 g/mol. The molecule has 0 fully saturated rings. The number of rotatable bonds is 7. The monoisotopic (exact) mass is 374 g/mol. The highest BCUT2D eigenvalue weighted by atomic mass is 35.5. The topological polar surface area (TPSA) is 50.7 Å². The first kappa shape index (κ1) is 19.7. The normalized spacial score (nSPS) is 11.6. The van der Waals surface area contributed by atoms with Gasteiger partial charge in [-0.15, -0.1) is 0 Å². The van der Waals surface area contributed by atoms with Crippen LogP contribution in [-0.2, 0) is 6.61 Å². The Morgan fingerprint density at radius 1 is 1.27 bits per heavy atom. The van der Waals surface area contributed by atoms with Gasteiger partial charge in [0.1, 0.15) is 18.2 Å². The Labute approximate surface area is 157 Å². The number of para-hydroxylation sites is 1. The molecule has 0 radical (unpaired) electrons. The van der Waals surface area contributed by atoms with Gasteiger partial charge in [0, 0.05) is 18.8 Å². The van der Waals surface area contributed by atoms with E-state index in [0.717, 1.165) is 6.42 Å². The lowest BCUT2D eigenvalue weighted by molar-refractivity contribution is 0.0963. The van der Waals surface area contributed by atoms with Crippen LogP contribution in [0, 0.1) is 5.82 Å². The minimum Gasteiger partial charge on any atom is -0.488 e. The van der Waals surface area contributed by atoms with Crippen LogP contribution in [-0.4, -0.2) is 19.2 Å². The molecule has 26 heavy (non-hydrogen) atoms. The second kappa shape index (κ2) is 9.73. The zero-order chi connectivity index (χ0) is 18.9. The summed E-state index contributed by atoms with van der Waals surface area (Å²) in [6.45, 7) is 1.93. The van der Waals surface area contributed by atoms with Crippen LogP contribution in [0.3, 0.4) is 0 Å². The Morgan fingerprint density at radius 2 is 2.04 bits per heavy atom. The largest absolute Gasteiger partial charge is 0.488 e. The van der Waals surface area contributed by atoms with E-state index in [-0.39, 0.29) is 17.5 Å². The molecule has 6 heteroatoms. The number of nitrogens with zero attached hydrogens (tertiary/aromatic N) is 1. The first-order chi connectivity index (χ1) is 12.6. The number of hydrogen-bond donors (Lipinski definition) is 1. The van der Waals surface area contributed by atoms with E-state index in [9.17, 15) is 9.18 Å². The molecule has 0 atom stereocenters. The van der Waals surface area contributed by atoms with Gasteiger partial charge < -0.3 is 10.1 Å². The van der Waals surface area contributed by atoms with Crippen molar-refractivity contribution in [1.29, 1.82) is 0 Å². The lowest BCUT2D eigenvalue weighted by atomic mass is 10.1. The van der Waals surface area contributed by atoms with Crippen LogP contribution >= 0.6 is 11.6 Å². The molecule has 2 rings (SSSR count). The van der Waals surface area contributed by atoms with Gasteiger partial charge >= 0.3 is 0 Å². The zero-order valence-corrected chi connectivity index (χ0v) is 15.4. The quantitative estimate of drug-likeness (QED) is 0.709. The maximum Gasteiger partial charge on any atom is 0.259 e. The van der Waals surface area contributed by atoms with Gasteiger partial charge in [-0.3, -0.25) is 9.79 Å². The molecule has 2 aromatic rings. The summed E-state index contributed by atoms with van der Waals surface area (Å²) in [4.78, 5) is 16.5. The van der Waals surface area contributed by atoms with Crippen molar-refractivity contribution >= 4 is 23.7 Å². The van der Waals surface area contributed by atoms with Crippen LogP contribution < -0.4 is 10.1 Å². The summed E-state index contributed by atoms with van der Waals surface area (Å²) in [5.41, 5.74) is 1.27. The molecular formula is C20H20ClFN2O2. The molecular weight excluding hydrogens is 355 g/mol. The predicted octanol–water partition coefficient (Wildman–Crippen LogP) is 4.78. The van der Waals surface area contributed by atoms with E-state index < -0.39 is 5.82 Å². The summed E-state index contributed by atoms with van der Waals surface area (Å²) in [6.07, 6.45) is 4.19. The Hall–Kier alpha value is -2.66. The van der Waals surface area contributed by atoms with Gasteiger partial charge in [-0.2, -0.15) is 0 Å². The molecule has 0 aliphatic carbocycles. The third kappa shape index (κ3) is 5.17. The predicted molar refractivity (Wildman–Crippen MR) is 102 cm³/mol. The number of nitrogens with one attached hydrogen (secondary N) is 1. The van der Waals surface area contributed by atoms with Crippen LogP contribution in [0.2, 0.25) is 5.02 Å². The van der Waals surface area contributed by atoms with E-state index >= 15 is 0 Å². The van der Waals surface area contributed by atoms with Gasteiger partial charge in [0.05, 0.1) is 16.3 Å². The third-order valence-corrected chi connectivity index (χ3v) is 3.79. The maximum atomic E-state index is 14.0. The Balaban J connectivity index is 2.18. The van der Waals surface area contributed by atoms with Crippen LogP contribution in [0.1, 0.15) is 29.3 Å². The molecule has 0 saturated carbocycles. The number of carbonyl (C=O) groups excluding carboxylic acids is 1. The minimum atomic E-state index is -0.525. The lowest BCUT2D eigenvalue weighted by Crippen LogP contribution is -2.24. The van der Waals surface area contributed by atoms with Crippen molar-refractivity contribution in [3.05, 3.63) is 76.2 Å². The van der Waals surface area contributed by atoms with Gasteiger partial charge in [0.25, 0.3) is 5.91 Å². The summed E-state index contributed by atoms with van der Waals surface area (Å²) >= 11 is 5.78. The van der Waals surface area contributed by atoms with Crippen molar-refractivity contribution in [3.8, 4) is 5.75 Å². The highest BCUT2D eigenvalue weighted by Crippen LogP contribution is 2.22. The molecule has 4 nitrogen and oxygen atoms in total. The minimum absolute atomic E-state index is 0.0327. The van der Waals surface area contributed by atoms with E-state index in [1.165, 1.54) is 6.07 Å². The van der Waals surface area contributed by atoms with Gasteiger partial charge in [-0.25, -0.2) is 4.39 Å². The SMILES string of the molecule is CC/C=C(\C=NC)NC(=O)c1ccccc1OCc1cccc(Cl)c1F. The van der Waals surface area contributed by atoms with Crippen molar-refractivity contribution in [1.82, 2.24) is 5.32 Å². The number of amides is 1. The zero-order valence-electron chi connectivity index (χ0n) is 14.6. The Kier molecular flexibility index (Phi) is 7.36. The standard InChI is InChI=1S/C20H20ClFN2O2/c1-3-7-15(12-23-2)24-20(25)16-9-4-5-11-18(16)26-13-14-8-6-10-17(21)19(14)22/h4-12H,3,13H2,1-2H3,(H,24,25)/b15-7+,23-12?. The number of carbonyl (C=O) groups is 1. The first-order valence-electron chi connectivity index (χ1n) is 8.15. The molecule has 0 aliphatic heterocycles. The number of aliphatic imine (C=N–C) groups is 1. The molecule has 0 unspecified atom stereocenters. The fourth-order valence-electron chi connectivity index (χ4n) is 2.29. The number of allylic oxidation sites excluding steroid dienone is 2. The molecule has 0 aromatic heterocycles. The molecule has 0 spiro atoms. The van der Waals surface area contributed by atoms with Crippen LogP contribution in [0.25, 0.3) is 0 Å². The van der Waals surface area contributed by atoms with Crippen molar-refractivity contribution < 1.29 is 13.9 Å². The van der Waals surface area contributed by atoms with Crippen LogP contribution in [0.5, 0.6) is 5.75 Å².